The minimum absolute atomic E-state index is 0. The molecule has 0 unspecified atom stereocenters. The van der Waals surface area contributed by atoms with E-state index < -0.39 is 0 Å². The number of nitrogens with one attached hydrogen (secondary N) is 3. The first kappa shape index (κ1) is 20.7. The smallest absolute Gasteiger partial charge is 0.223 e. The first-order valence-corrected chi connectivity index (χ1v) is 8.31. The quantitative estimate of drug-likeness (QED) is 0.254. The zero-order valence-electron chi connectivity index (χ0n) is 15.0. The second-order valence-corrected chi connectivity index (χ2v) is 5.96. The van der Waals surface area contributed by atoms with E-state index in [1.165, 1.54) is 0 Å². The van der Waals surface area contributed by atoms with Gasteiger partial charge >= 0.3 is 0 Å². The lowest BCUT2D eigenvalue weighted by molar-refractivity contribution is -0.122. The second kappa shape index (κ2) is 9.85. The van der Waals surface area contributed by atoms with Gasteiger partial charge in [0.05, 0.1) is 12.2 Å². The zero-order chi connectivity index (χ0) is 16.8. The van der Waals surface area contributed by atoms with Gasteiger partial charge in [0.2, 0.25) is 5.91 Å². The molecule has 1 aliphatic carbocycles. The van der Waals surface area contributed by atoms with Crippen molar-refractivity contribution in [1.82, 2.24) is 25.7 Å². The van der Waals surface area contributed by atoms with Crippen molar-refractivity contribution in [2.45, 2.75) is 40.2 Å². The molecule has 0 spiro atoms. The predicted octanol–water partition coefficient (Wildman–Crippen LogP) is 1.24. The Bertz CT molecular complexity index is 579. The van der Waals surface area contributed by atoms with Gasteiger partial charge in [-0.2, -0.15) is 5.10 Å². The van der Waals surface area contributed by atoms with Gasteiger partial charge in [-0.1, -0.05) is 0 Å². The standard InChI is InChI=1S/C16H28N6O.HI/c1-5-17-16(19-9-8-18-15(23)13-6-7-13)20-10-14-11(2)21-22(4)12(14)3;/h13H,5-10H2,1-4H3,(H,18,23)(H2,17,19,20);1H. The number of rotatable bonds is 7. The van der Waals surface area contributed by atoms with Crippen LogP contribution in [-0.2, 0) is 18.4 Å². The number of halogens is 1. The minimum Gasteiger partial charge on any atom is -0.357 e. The second-order valence-electron chi connectivity index (χ2n) is 5.96. The molecule has 2 rings (SSSR count). The Morgan fingerprint density at radius 1 is 1.25 bits per heavy atom. The van der Waals surface area contributed by atoms with Gasteiger partial charge in [-0.05, 0) is 33.6 Å². The molecule has 1 aliphatic rings. The van der Waals surface area contributed by atoms with Gasteiger partial charge in [0.15, 0.2) is 5.96 Å². The lowest BCUT2D eigenvalue weighted by atomic mass is 10.2. The highest BCUT2D eigenvalue weighted by molar-refractivity contribution is 14.0. The molecule has 1 saturated carbocycles. The van der Waals surface area contributed by atoms with Crippen molar-refractivity contribution >= 4 is 35.8 Å². The Balaban J connectivity index is 0.00000288. The van der Waals surface area contributed by atoms with Crippen LogP contribution < -0.4 is 16.0 Å². The Morgan fingerprint density at radius 2 is 1.92 bits per heavy atom. The van der Waals surface area contributed by atoms with Crippen LogP contribution in [0.4, 0.5) is 0 Å². The number of guanidine groups is 1. The molecule has 0 aromatic carbocycles. The first-order valence-electron chi connectivity index (χ1n) is 8.31. The van der Waals surface area contributed by atoms with E-state index in [2.05, 4.69) is 33.0 Å². The van der Waals surface area contributed by atoms with Crippen LogP contribution in [0.15, 0.2) is 4.99 Å². The third-order valence-corrected chi connectivity index (χ3v) is 4.06. The van der Waals surface area contributed by atoms with Crippen LogP contribution in [0.25, 0.3) is 0 Å². The van der Waals surface area contributed by atoms with Crippen LogP contribution in [0.2, 0.25) is 0 Å². The fraction of sp³-hybridized carbons (Fsp3) is 0.688. The van der Waals surface area contributed by atoms with Crippen molar-refractivity contribution in [1.29, 1.82) is 0 Å². The molecule has 24 heavy (non-hydrogen) atoms. The molecule has 0 aliphatic heterocycles. The molecule has 136 valence electrons. The van der Waals surface area contributed by atoms with Crippen molar-refractivity contribution in [3.63, 3.8) is 0 Å². The third kappa shape index (κ3) is 5.95. The number of carbonyl (C=O) groups is 1. The van der Waals surface area contributed by atoms with Gasteiger partial charge in [0.1, 0.15) is 0 Å². The molecule has 7 nitrogen and oxygen atoms in total. The lowest BCUT2D eigenvalue weighted by Crippen LogP contribution is -2.41. The summed E-state index contributed by atoms with van der Waals surface area (Å²) in [6.45, 7) is 8.76. The molecule has 0 radical (unpaired) electrons. The highest BCUT2D eigenvalue weighted by atomic mass is 127. The van der Waals surface area contributed by atoms with Crippen molar-refractivity contribution in [3.8, 4) is 0 Å². The molecule has 0 saturated heterocycles. The molecule has 1 aromatic heterocycles. The average molecular weight is 448 g/mol. The lowest BCUT2D eigenvalue weighted by Gasteiger charge is -2.12. The van der Waals surface area contributed by atoms with E-state index in [1.807, 2.05) is 25.6 Å². The number of aryl methyl sites for hydroxylation is 2. The first-order chi connectivity index (χ1) is 11.0. The van der Waals surface area contributed by atoms with Gasteiger partial charge in [-0.3, -0.25) is 9.48 Å². The van der Waals surface area contributed by atoms with E-state index in [4.69, 9.17) is 0 Å². The number of aliphatic imine (C=N–C) groups is 1. The van der Waals surface area contributed by atoms with E-state index in [-0.39, 0.29) is 35.8 Å². The van der Waals surface area contributed by atoms with Crippen molar-refractivity contribution in [3.05, 3.63) is 17.0 Å². The van der Waals surface area contributed by atoms with Crippen molar-refractivity contribution < 1.29 is 4.79 Å². The molecular weight excluding hydrogens is 419 g/mol. The molecule has 8 heteroatoms. The van der Waals surface area contributed by atoms with Gasteiger partial charge < -0.3 is 16.0 Å². The molecule has 0 atom stereocenters. The normalized spacial score (nSPS) is 14.1. The van der Waals surface area contributed by atoms with Crippen LogP contribution in [-0.4, -0.2) is 41.3 Å². The topological polar surface area (TPSA) is 83.3 Å². The van der Waals surface area contributed by atoms with Gasteiger partial charge in [0, 0.05) is 43.9 Å². The summed E-state index contributed by atoms with van der Waals surface area (Å²) < 4.78 is 1.88. The molecular formula is C16H29IN6O. The monoisotopic (exact) mass is 448 g/mol. The van der Waals surface area contributed by atoms with Gasteiger partial charge in [-0.25, -0.2) is 4.99 Å². The molecule has 0 bridgehead atoms. The minimum atomic E-state index is 0. The maximum atomic E-state index is 11.6. The van der Waals surface area contributed by atoms with E-state index in [0.29, 0.717) is 19.6 Å². The molecule has 1 aromatic rings. The maximum absolute atomic E-state index is 11.6. The SMILES string of the molecule is CCNC(=NCc1c(C)nn(C)c1C)NCCNC(=O)C1CC1.I. The maximum Gasteiger partial charge on any atom is 0.223 e. The van der Waals surface area contributed by atoms with E-state index >= 15 is 0 Å². The van der Waals surface area contributed by atoms with E-state index in [9.17, 15) is 4.79 Å². The zero-order valence-corrected chi connectivity index (χ0v) is 17.3. The third-order valence-electron chi connectivity index (χ3n) is 4.06. The van der Waals surface area contributed by atoms with E-state index in [1.54, 1.807) is 0 Å². The van der Waals surface area contributed by atoms with Gasteiger partial charge in [-0.15, -0.1) is 24.0 Å². The van der Waals surface area contributed by atoms with Crippen LogP contribution >= 0.6 is 24.0 Å². The number of hydrogen-bond donors (Lipinski definition) is 3. The Kier molecular flexibility index (Phi) is 8.51. The average Bonchev–Trinajstić information content (AvgIpc) is 3.32. The molecule has 3 N–H and O–H groups in total. The van der Waals surface area contributed by atoms with Crippen molar-refractivity contribution in [2.24, 2.45) is 18.0 Å². The van der Waals surface area contributed by atoms with Crippen molar-refractivity contribution in [2.75, 3.05) is 19.6 Å². The molecule has 1 fully saturated rings. The summed E-state index contributed by atoms with van der Waals surface area (Å²) in [6, 6.07) is 0. The summed E-state index contributed by atoms with van der Waals surface area (Å²) >= 11 is 0. The Labute approximate surface area is 161 Å². The summed E-state index contributed by atoms with van der Waals surface area (Å²) in [7, 11) is 1.95. The number of hydrogen-bond acceptors (Lipinski definition) is 3. The number of aromatic nitrogens is 2. The highest BCUT2D eigenvalue weighted by Crippen LogP contribution is 2.28. The van der Waals surface area contributed by atoms with Gasteiger partial charge in [0.25, 0.3) is 0 Å². The van der Waals surface area contributed by atoms with Crippen LogP contribution in [0, 0.1) is 19.8 Å². The Hall–Kier alpha value is -1.32. The van der Waals surface area contributed by atoms with E-state index in [0.717, 1.165) is 42.3 Å². The number of carbonyl (C=O) groups excluding carboxylic acids is 1. The number of nitrogens with zero attached hydrogens (tertiary/aromatic N) is 3. The summed E-state index contributed by atoms with van der Waals surface area (Å²) in [6.07, 6.45) is 2.07. The fourth-order valence-electron chi connectivity index (χ4n) is 2.40. The van der Waals surface area contributed by atoms with Crippen LogP contribution in [0.1, 0.15) is 36.7 Å². The summed E-state index contributed by atoms with van der Waals surface area (Å²) in [5, 5.41) is 13.8. The Morgan fingerprint density at radius 3 is 2.46 bits per heavy atom. The fourth-order valence-corrected chi connectivity index (χ4v) is 2.40. The summed E-state index contributed by atoms with van der Waals surface area (Å²) in [5.41, 5.74) is 3.31. The highest BCUT2D eigenvalue weighted by Gasteiger charge is 2.28. The summed E-state index contributed by atoms with van der Waals surface area (Å²) in [4.78, 5) is 16.2. The largest absolute Gasteiger partial charge is 0.357 e. The predicted molar refractivity (Wildman–Crippen MR) is 107 cm³/mol. The summed E-state index contributed by atoms with van der Waals surface area (Å²) in [5.74, 6) is 1.19. The molecule has 1 heterocycles. The van der Waals surface area contributed by atoms with Crippen LogP contribution in [0.3, 0.4) is 0 Å². The number of amides is 1. The van der Waals surface area contributed by atoms with Crippen LogP contribution in [0.5, 0.6) is 0 Å². The molecule has 1 amide bonds.